The highest BCUT2D eigenvalue weighted by Crippen LogP contribution is 2.47. The minimum atomic E-state index is -1.40. The molecule has 5 nitrogen and oxygen atoms in total. The van der Waals surface area contributed by atoms with Gasteiger partial charge in [-0.3, -0.25) is 0 Å². The van der Waals surface area contributed by atoms with Gasteiger partial charge >= 0.3 is 6.16 Å². The van der Waals surface area contributed by atoms with Crippen molar-refractivity contribution in [2.75, 3.05) is 6.61 Å². The number of benzene rings is 1. The Hall–Kier alpha value is -1.91. The fourth-order valence-corrected chi connectivity index (χ4v) is 5.79. The normalized spacial score (nSPS) is 11.2. The molecule has 0 unspecified atom stereocenters. The van der Waals surface area contributed by atoms with Gasteiger partial charge in [0, 0.05) is 11.1 Å². The van der Waals surface area contributed by atoms with Gasteiger partial charge in [-0.1, -0.05) is 137 Å². The monoisotopic (exact) mass is 576 g/mol. The number of carboxylic acid groups (broad SMARTS) is 1. The summed E-state index contributed by atoms with van der Waals surface area (Å²) >= 11 is 0. The highest BCUT2D eigenvalue weighted by atomic mass is 16.7. The van der Waals surface area contributed by atoms with E-state index in [0.29, 0.717) is 12.4 Å². The van der Waals surface area contributed by atoms with Gasteiger partial charge in [0.15, 0.2) is 11.5 Å². The van der Waals surface area contributed by atoms with Crippen molar-refractivity contribution in [1.29, 1.82) is 0 Å². The molecule has 0 saturated heterocycles. The third-order valence-corrected chi connectivity index (χ3v) is 8.23. The van der Waals surface area contributed by atoms with E-state index in [1.54, 1.807) is 0 Å². The van der Waals surface area contributed by atoms with Crippen LogP contribution in [-0.4, -0.2) is 23.0 Å². The SMILES string of the molecule is CCCCCCCCc1c(O)c(OC(=O)O)c(OCCCCC)c(CCCCCCCC)c1CCCCCCCC. The highest BCUT2D eigenvalue weighted by molar-refractivity contribution is 5.70. The van der Waals surface area contributed by atoms with Gasteiger partial charge in [0.1, 0.15) is 0 Å². The molecule has 0 spiro atoms. The Balaban J connectivity index is 3.40. The predicted molar refractivity (Wildman–Crippen MR) is 173 cm³/mol. The molecule has 0 radical (unpaired) electrons. The average molecular weight is 577 g/mol. The molecule has 0 atom stereocenters. The molecule has 1 aromatic carbocycles. The lowest BCUT2D eigenvalue weighted by Gasteiger charge is -2.24. The van der Waals surface area contributed by atoms with Gasteiger partial charge in [0.2, 0.25) is 5.75 Å². The Kier molecular flexibility index (Phi) is 22.3. The molecule has 0 bridgehead atoms. The van der Waals surface area contributed by atoms with Crippen molar-refractivity contribution in [3.05, 3.63) is 16.7 Å². The molecule has 0 fully saturated rings. The number of carbonyl (C=O) groups is 1. The number of hydrogen-bond donors (Lipinski definition) is 2. The van der Waals surface area contributed by atoms with Crippen molar-refractivity contribution in [2.45, 2.75) is 182 Å². The standard InChI is InChI=1S/C36H64O5/c1-5-9-13-16-19-22-26-30-31(27-23-20-17-14-10-6-2)33(37)35(41-36(38)39)34(40-29-25-12-8-4)32(30)28-24-21-18-15-11-7-3/h37H,5-29H2,1-4H3,(H,38,39). The van der Waals surface area contributed by atoms with E-state index in [2.05, 4.69) is 27.7 Å². The summed E-state index contributed by atoms with van der Waals surface area (Å²) < 4.78 is 11.6. The largest absolute Gasteiger partial charge is 0.511 e. The molecular formula is C36H64O5. The summed E-state index contributed by atoms with van der Waals surface area (Å²) in [5.74, 6) is 0.476. The number of rotatable bonds is 27. The molecule has 0 saturated carbocycles. The lowest BCUT2D eigenvalue weighted by Crippen LogP contribution is -2.12. The lowest BCUT2D eigenvalue weighted by atomic mass is 9.88. The average Bonchev–Trinajstić information content (AvgIpc) is 2.95. The number of hydrogen-bond acceptors (Lipinski definition) is 4. The number of ether oxygens (including phenoxy) is 2. The second-order valence-corrected chi connectivity index (χ2v) is 11.9. The first kappa shape index (κ1) is 37.1. The number of phenols is 1. The van der Waals surface area contributed by atoms with E-state index in [1.165, 1.54) is 89.0 Å². The van der Waals surface area contributed by atoms with Gasteiger partial charge in [-0.2, -0.15) is 0 Å². The molecule has 0 aromatic heterocycles. The zero-order valence-corrected chi connectivity index (χ0v) is 27.3. The van der Waals surface area contributed by atoms with Gasteiger partial charge in [-0.05, 0) is 50.5 Å². The van der Waals surface area contributed by atoms with Crippen molar-refractivity contribution in [3.8, 4) is 17.2 Å². The highest BCUT2D eigenvalue weighted by Gasteiger charge is 2.27. The number of aromatic hydroxyl groups is 1. The third-order valence-electron chi connectivity index (χ3n) is 8.23. The fraction of sp³-hybridized carbons (Fsp3) is 0.806. The molecule has 1 aromatic rings. The molecular weight excluding hydrogens is 512 g/mol. The van der Waals surface area contributed by atoms with Crippen LogP contribution in [0.5, 0.6) is 17.2 Å². The molecule has 0 amide bonds. The van der Waals surface area contributed by atoms with Gasteiger partial charge in [-0.15, -0.1) is 0 Å². The summed E-state index contributed by atoms with van der Waals surface area (Å²) in [4.78, 5) is 11.8. The van der Waals surface area contributed by atoms with Gasteiger partial charge < -0.3 is 19.7 Å². The Morgan fingerprint density at radius 3 is 1.37 bits per heavy atom. The quantitative estimate of drug-likeness (QED) is 0.0619. The minimum Gasteiger partial charge on any atom is -0.504 e. The first-order valence-electron chi connectivity index (χ1n) is 17.4. The van der Waals surface area contributed by atoms with Crippen LogP contribution in [0.2, 0.25) is 0 Å². The van der Waals surface area contributed by atoms with Crippen LogP contribution >= 0.6 is 0 Å². The van der Waals surface area contributed by atoms with Crippen LogP contribution < -0.4 is 9.47 Å². The molecule has 0 aliphatic heterocycles. The van der Waals surface area contributed by atoms with Gasteiger partial charge in [-0.25, -0.2) is 4.79 Å². The molecule has 0 heterocycles. The van der Waals surface area contributed by atoms with Crippen LogP contribution in [0, 0.1) is 0 Å². The number of phenolic OH excluding ortho intramolecular Hbond substituents is 1. The molecule has 5 heteroatoms. The van der Waals surface area contributed by atoms with E-state index in [0.717, 1.165) is 81.8 Å². The van der Waals surface area contributed by atoms with E-state index >= 15 is 0 Å². The van der Waals surface area contributed by atoms with Crippen molar-refractivity contribution < 1.29 is 24.5 Å². The third kappa shape index (κ3) is 15.8. The Bertz CT molecular complexity index is 804. The molecule has 0 aliphatic rings. The van der Waals surface area contributed by atoms with Gasteiger partial charge in [0.25, 0.3) is 0 Å². The van der Waals surface area contributed by atoms with Crippen LogP contribution in [0.15, 0.2) is 0 Å². The van der Waals surface area contributed by atoms with Gasteiger partial charge in [0.05, 0.1) is 6.61 Å². The van der Waals surface area contributed by atoms with E-state index in [-0.39, 0.29) is 11.5 Å². The first-order valence-corrected chi connectivity index (χ1v) is 17.4. The fourth-order valence-electron chi connectivity index (χ4n) is 5.79. The smallest absolute Gasteiger partial charge is 0.504 e. The lowest BCUT2D eigenvalue weighted by molar-refractivity contribution is 0.140. The Morgan fingerprint density at radius 2 is 0.902 bits per heavy atom. The maximum absolute atomic E-state index is 11.8. The van der Waals surface area contributed by atoms with Crippen molar-refractivity contribution in [1.82, 2.24) is 0 Å². The molecule has 1 rings (SSSR count). The van der Waals surface area contributed by atoms with Crippen molar-refractivity contribution in [2.24, 2.45) is 0 Å². The summed E-state index contributed by atoms with van der Waals surface area (Å²) in [6.07, 6.45) is 25.6. The molecule has 0 aliphatic carbocycles. The maximum Gasteiger partial charge on any atom is 0.511 e. The Morgan fingerprint density at radius 1 is 0.512 bits per heavy atom. The summed E-state index contributed by atoms with van der Waals surface area (Å²) in [7, 11) is 0. The zero-order chi connectivity index (χ0) is 30.1. The first-order chi connectivity index (χ1) is 20.0. The van der Waals surface area contributed by atoms with Crippen LogP contribution in [0.4, 0.5) is 4.79 Å². The van der Waals surface area contributed by atoms with Crippen LogP contribution in [0.25, 0.3) is 0 Å². The van der Waals surface area contributed by atoms with E-state index in [1.807, 2.05) is 0 Å². The van der Waals surface area contributed by atoms with E-state index in [9.17, 15) is 15.0 Å². The topological polar surface area (TPSA) is 76.0 Å². The second-order valence-electron chi connectivity index (χ2n) is 11.9. The summed E-state index contributed by atoms with van der Waals surface area (Å²) in [6, 6.07) is 0. The zero-order valence-electron chi connectivity index (χ0n) is 27.3. The van der Waals surface area contributed by atoms with E-state index in [4.69, 9.17) is 9.47 Å². The van der Waals surface area contributed by atoms with E-state index < -0.39 is 6.16 Å². The van der Waals surface area contributed by atoms with Crippen LogP contribution in [-0.2, 0) is 19.3 Å². The molecule has 238 valence electrons. The van der Waals surface area contributed by atoms with Crippen molar-refractivity contribution >= 4 is 6.16 Å². The van der Waals surface area contributed by atoms with Crippen LogP contribution in [0.1, 0.15) is 179 Å². The summed E-state index contributed by atoms with van der Waals surface area (Å²) in [5, 5.41) is 21.2. The van der Waals surface area contributed by atoms with Crippen molar-refractivity contribution in [3.63, 3.8) is 0 Å². The molecule has 41 heavy (non-hydrogen) atoms. The summed E-state index contributed by atoms with van der Waals surface area (Å²) in [6.45, 7) is 9.37. The number of unbranched alkanes of at least 4 members (excludes halogenated alkanes) is 17. The maximum atomic E-state index is 11.8. The predicted octanol–water partition coefficient (Wildman–Crippen LogP) is 11.7. The molecule has 2 N–H and O–H groups in total. The van der Waals surface area contributed by atoms with Crippen LogP contribution in [0.3, 0.4) is 0 Å². The second kappa shape index (κ2) is 24.7. The summed E-state index contributed by atoms with van der Waals surface area (Å²) in [5.41, 5.74) is 3.18. The Labute approximate surface area is 252 Å². The minimum absolute atomic E-state index is 0.0147.